The Bertz CT molecular complexity index is 388. The zero-order chi connectivity index (χ0) is 15.6. The molecule has 0 aromatic carbocycles. The molecule has 120 valence electrons. The zero-order valence-electron chi connectivity index (χ0n) is 14.0. The molecule has 0 radical (unpaired) electrons. The van der Waals surface area contributed by atoms with Crippen LogP contribution in [0, 0.1) is 17.3 Å². The summed E-state index contributed by atoms with van der Waals surface area (Å²) in [5, 5.41) is 0. The molecule has 0 atom stereocenters. The molecule has 1 aliphatic heterocycles. The fourth-order valence-corrected chi connectivity index (χ4v) is 3.87. The van der Waals surface area contributed by atoms with Gasteiger partial charge in [0.25, 0.3) is 0 Å². The van der Waals surface area contributed by atoms with Gasteiger partial charge in [0, 0.05) is 19.5 Å². The monoisotopic (exact) mass is 294 g/mol. The van der Waals surface area contributed by atoms with Crippen molar-refractivity contribution in [3.05, 3.63) is 0 Å². The molecule has 0 N–H and O–H groups in total. The van der Waals surface area contributed by atoms with Crippen LogP contribution in [0.15, 0.2) is 0 Å². The Morgan fingerprint density at radius 3 is 2.05 bits per heavy atom. The third-order valence-electron chi connectivity index (χ3n) is 4.64. The molecule has 1 heterocycles. The van der Waals surface area contributed by atoms with Crippen LogP contribution in [0.5, 0.6) is 0 Å². The average Bonchev–Trinajstić information content (AvgIpc) is 2.90. The molecule has 1 aliphatic carbocycles. The molecule has 0 bridgehead atoms. The molecule has 1 saturated carbocycles. The van der Waals surface area contributed by atoms with Gasteiger partial charge in [0.15, 0.2) is 0 Å². The molecular weight excluding hydrogens is 264 g/mol. The molecule has 2 amide bonds. The van der Waals surface area contributed by atoms with E-state index in [9.17, 15) is 9.59 Å². The lowest BCUT2D eigenvalue weighted by molar-refractivity contribution is -0.144. The maximum Gasteiger partial charge on any atom is 0.237 e. The van der Waals surface area contributed by atoms with Gasteiger partial charge in [-0.25, -0.2) is 0 Å². The maximum atomic E-state index is 12.7. The minimum Gasteiger partial charge on any atom is -0.285 e. The summed E-state index contributed by atoms with van der Waals surface area (Å²) < 4.78 is 0. The van der Waals surface area contributed by atoms with E-state index in [-0.39, 0.29) is 17.2 Å². The molecule has 2 fully saturated rings. The SMILES string of the molecule is CC(C)CN(CC(C)C)CN1C(=O)CC2(CCCC2)C1=O. The van der Waals surface area contributed by atoms with Crippen LogP contribution in [0.3, 0.4) is 0 Å². The Balaban J connectivity index is 2.05. The van der Waals surface area contributed by atoms with Crippen molar-refractivity contribution in [2.75, 3.05) is 19.8 Å². The number of amides is 2. The van der Waals surface area contributed by atoms with Crippen molar-refractivity contribution in [1.29, 1.82) is 0 Å². The first kappa shape index (κ1) is 16.5. The van der Waals surface area contributed by atoms with Crippen LogP contribution in [-0.2, 0) is 9.59 Å². The fourth-order valence-electron chi connectivity index (χ4n) is 3.87. The highest BCUT2D eigenvalue weighted by Gasteiger charge is 2.52. The summed E-state index contributed by atoms with van der Waals surface area (Å²) in [4.78, 5) is 28.9. The van der Waals surface area contributed by atoms with Crippen molar-refractivity contribution in [3.8, 4) is 0 Å². The van der Waals surface area contributed by atoms with Gasteiger partial charge in [-0.1, -0.05) is 40.5 Å². The lowest BCUT2D eigenvalue weighted by Crippen LogP contribution is -2.45. The molecule has 1 saturated heterocycles. The fraction of sp³-hybridized carbons (Fsp3) is 0.882. The van der Waals surface area contributed by atoms with E-state index in [1.165, 1.54) is 4.90 Å². The number of rotatable bonds is 6. The van der Waals surface area contributed by atoms with Gasteiger partial charge in [0.2, 0.25) is 11.8 Å². The van der Waals surface area contributed by atoms with Crippen LogP contribution >= 0.6 is 0 Å². The van der Waals surface area contributed by atoms with E-state index in [0.717, 1.165) is 38.8 Å². The summed E-state index contributed by atoms with van der Waals surface area (Å²) in [6.45, 7) is 11.1. The normalized spacial score (nSPS) is 21.8. The number of hydrogen-bond acceptors (Lipinski definition) is 3. The molecule has 4 heteroatoms. The predicted octanol–water partition coefficient (Wildman–Crippen LogP) is 2.88. The second kappa shape index (κ2) is 6.47. The van der Waals surface area contributed by atoms with Crippen LogP contribution in [0.1, 0.15) is 59.8 Å². The largest absolute Gasteiger partial charge is 0.285 e. The summed E-state index contributed by atoms with van der Waals surface area (Å²) in [5.74, 6) is 1.22. The van der Waals surface area contributed by atoms with Crippen molar-refractivity contribution >= 4 is 11.8 Å². The first-order chi connectivity index (χ1) is 9.84. The van der Waals surface area contributed by atoms with E-state index in [4.69, 9.17) is 0 Å². The van der Waals surface area contributed by atoms with Crippen molar-refractivity contribution in [3.63, 3.8) is 0 Å². The van der Waals surface area contributed by atoms with E-state index < -0.39 is 0 Å². The Kier molecular flexibility index (Phi) is 5.07. The Labute approximate surface area is 128 Å². The second-order valence-corrected chi connectivity index (χ2v) is 7.76. The number of likely N-dealkylation sites (tertiary alicyclic amines) is 1. The number of imide groups is 1. The molecule has 2 aliphatic rings. The van der Waals surface area contributed by atoms with E-state index in [1.54, 1.807) is 0 Å². The number of carbonyl (C=O) groups excluding carboxylic acids is 2. The minimum atomic E-state index is -0.335. The van der Waals surface area contributed by atoms with Gasteiger partial charge in [0.05, 0.1) is 12.1 Å². The van der Waals surface area contributed by atoms with Crippen LogP contribution in [0.2, 0.25) is 0 Å². The summed E-state index contributed by atoms with van der Waals surface area (Å²) in [6.07, 6.45) is 4.44. The molecule has 4 nitrogen and oxygen atoms in total. The molecule has 0 unspecified atom stereocenters. The first-order valence-corrected chi connectivity index (χ1v) is 8.41. The van der Waals surface area contributed by atoms with Gasteiger partial charge in [-0.05, 0) is 24.7 Å². The van der Waals surface area contributed by atoms with Crippen molar-refractivity contribution in [1.82, 2.24) is 9.80 Å². The maximum absolute atomic E-state index is 12.7. The number of carbonyl (C=O) groups is 2. The average molecular weight is 294 g/mol. The van der Waals surface area contributed by atoms with Gasteiger partial charge >= 0.3 is 0 Å². The Hall–Kier alpha value is -0.900. The molecule has 0 aromatic rings. The molecule has 0 aromatic heterocycles. The van der Waals surface area contributed by atoms with Gasteiger partial charge in [-0.2, -0.15) is 0 Å². The topological polar surface area (TPSA) is 40.6 Å². The van der Waals surface area contributed by atoms with E-state index in [0.29, 0.717) is 24.9 Å². The van der Waals surface area contributed by atoms with Crippen LogP contribution in [0.25, 0.3) is 0 Å². The lowest BCUT2D eigenvalue weighted by Gasteiger charge is -2.30. The van der Waals surface area contributed by atoms with Gasteiger partial charge < -0.3 is 0 Å². The minimum absolute atomic E-state index is 0.0411. The third kappa shape index (κ3) is 3.65. The number of hydrogen-bond donors (Lipinski definition) is 0. The molecular formula is C17H30N2O2. The van der Waals surface area contributed by atoms with E-state index in [2.05, 4.69) is 32.6 Å². The van der Waals surface area contributed by atoms with Crippen LogP contribution < -0.4 is 0 Å². The van der Waals surface area contributed by atoms with Gasteiger partial charge in [-0.15, -0.1) is 0 Å². The lowest BCUT2D eigenvalue weighted by atomic mass is 9.85. The van der Waals surface area contributed by atoms with E-state index >= 15 is 0 Å². The summed E-state index contributed by atoms with van der Waals surface area (Å²) >= 11 is 0. The second-order valence-electron chi connectivity index (χ2n) is 7.76. The van der Waals surface area contributed by atoms with Crippen LogP contribution in [-0.4, -0.2) is 41.4 Å². The Morgan fingerprint density at radius 2 is 1.57 bits per heavy atom. The number of nitrogens with zero attached hydrogens (tertiary/aromatic N) is 2. The highest BCUT2D eigenvalue weighted by molar-refractivity contribution is 6.06. The van der Waals surface area contributed by atoms with Crippen molar-refractivity contribution in [2.24, 2.45) is 17.3 Å². The van der Waals surface area contributed by atoms with Crippen LogP contribution in [0.4, 0.5) is 0 Å². The highest BCUT2D eigenvalue weighted by Crippen LogP contribution is 2.46. The standard InChI is InChI=1S/C17H30N2O2/c1-13(2)10-18(11-14(3)4)12-19-15(20)9-17(16(19)21)7-5-6-8-17/h13-14H,5-12H2,1-4H3. The Morgan fingerprint density at radius 1 is 1.05 bits per heavy atom. The van der Waals surface area contributed by atoms with Crippen molar-refractivity contribution in [2.45, 2.75) is 59.8 Å². The smallest absolute Gasteiger partial charge is 0.237 e. The van der Waals surface area contributed by atoms with Gasteiger partial charge in [-0.3, -0.25) is 19.4 Å². The van der Waals surface area contributed by atoms with E-state index in [1.807, 2.05) is 0 Å². The summed E-state index contributed by atoms with van der Waals surface area (Å²) in [6, 6.07) is 0. The molecule has 2 rings (SSSR count). The van der Waals surface area contributed by atoms with Gasteiger partial charge in [0.1, 0.15) is 0 Å². The molecule has 1 spiro atoms. The zero-order valence-corrected chi connectivity index (χ0v) is 14.0. The molecule has 21 heavy (non-hydrogen) atoms. The highest BCUT2D eigenvalue weighted by atomic mass is 16.2. The summed E-state index contributed by atoms with van der Waals surface area (Å²) in [5.41, 5.74) is -0.335. The first-order valence-electron chi connectivity index (χ1n) is 8.41. The predicted molar refractivity (Wildman–Crippen MR) is 83.5 cm³/mol. The quantitative estimate of drug-likeness (QED) is 0.707. The third-order valence-corrected chi connectivity index (χ3v) is 4.64. The van der Waals surface area contributed by atoms with Crippen molar-refractivity contribution < 1.29 is 9.59 Å². The summed E-state index contributed by atoms with van der Waals surface area (Å²) in [7, 11) is 0.